The average molecular weight is 435 g/mol. The van der Waals surface area contributed by atoms with Crippen LogP contribution in [0.25, 0.3) is 11.5 Å². The summed E-state index contributed by atoms with van der Waals surface area (Å²) in [5, 5.41) is 15.4. The zero-order valence-electron chi connectivity index (χ0n) is 14.1. The molecule has 0 atom stereocenters. The van der Waals surface area contributed by atoms with Crippen LogP contribution in [0.15, 0.2) is 56.8 Å². The zero-order chi connectivity index (χ0) is 18.5. The summed E-state index contributed by atoms with van der Waals surface area (Å²) < 4.78 is 6.47. The van der Waals surface area contributed by atoms with Crippen molar-refractivity contribution in [2.45, 2.75) is 16.5 Å². The minimum absolute atomic E-state index is 0.593. The minimum Gasteiger partial charge on any atom is -0.444 e. The Hall–Kier alpha value is -1.87. The Morgan fingerprint density at radius 1 is 1.15 bits per heavy atom. The van der Waals surface area contributed by atoms with Gasteiger partial charge in [-0.1, -0.05) is 40.8 Å². The summed E-state index contributed by atoms with van der Waals surface area (Å²) in [4.78, 5) is 5.89. The van der Waals surface area contributed by atoms with Gasteiger partial charge in [0.25, 0.3) is 0 Å². The lowest BCUT2D eigenvalue weighted by Gasteiger charge is -1.99. The molecule has 3 heterocycles. The number of hydrogen-bond donors (Lipinski definition) is 1. The quantitative estimate of drug-likeness (QED) is 0.350. The van der Waals surface area contributed by atoms with Gasteiger partial charge in [0.2, 0.25) is 11.0 Å². The van der Waals surface area contributed by atoms with Crippen LogP contribution in [0, 0.1) is 0 Å². The second kappa shape index (κ2) is 8.88. The molecule has 5 nitrogen and oxygen atoms in total. The van der Waals surface area contributed by atoms with E-state index in [1.165, 1.54) is 4.88 Å². The van der Waals surface area contributed by atoms with Crippen molar-refractivity contribution in [3.05, 3.63) is 63.6 Å². The monoisotopic (exact) mass is 434 g/mol. The third-order valence-corrected chi connectivity index (χ3v) is 6.86. The fraction of sp³-hybridized carbons (Fsp3) is 0.167. The summed E-state index contributed by atoms with van der Waals surface area (Å²) in [7, 11) is 0. The average Bonchev–Trinajstić information content (AvgIpc) is 3.43. The van der Waals surface area contributed by atoms with E-state index in [0.717, 1.165) is 33.7 Å². The van der Waals surface area contributed by atoms with Crippen LogP contribution in [0.1, 0.15) is 10.6 Å². The Labute approximate surface area is 173 Å². The first-order chi connectivity index (χ1) is 13.3. The number of nitrogens with one attached hydrogen (secondary N) is 1. The standard InChI is InChI=1S/C18H15ClN4OS3/c19-13-5-3-12(4-6-13)16-21-14(10-24-16)11-26-18-23-22-17(27-18)20-8-7-15-2-1-9-25-15/h1-6,9-10H,7-8,11H2,(H,20,22). The van der Waals surface area contributed by atoms with Gasteiger partial charge >= 0.3 is 0 Å². The van der Waals surface area contributed by atoms with Gasteiger partial charge in [-0.2, -0.15) is 0 Å². The molecule has 0 saturated heterocycles. The topological polar surface area (TPSA) is 63.8 Å². The van der Waals surface area contributed by atoms with Gasteiger partial charge < -0.3 is 9.73 Å². The molecule has 0 radical (unpaired) electrons. The van der Waals surface area contributed by atoms with Crippen molar-refractivity contribution in [1.29, 1.82) is 0 Å². The highest BCUT2D eigenvalue weighted by Gasteiger charge is 2.10. The molecule has 0 bridgehead atoms. The van der Waals surface area contributed by atoms with Gasteiger partial charge in [-0.05, 0) is 42.1 Å². The van der Waals surface area contributed by atoms with Gasteiger partial charge in [0.15, 0.2) is 4.34 Å². The number of rotatable bonds is 8. The SMILES string of the molecule is Clc1ccc(-c2nc(CSc3nnc(NCCc4cccs4)s3)co2)cc1. The zero-order valence-corrected chi connectivity index (χ0v) is 17.3. The van der Waals surface area contributed by atoms with Crippen molar-refractivity contribution in [3.8, 4) is 11.5 Å². The smallest absolute Gasteiger partial charge is 0.226 e. The van der Waals surface area contributed by atoms with Crippen molar-refractivity contribution in [2.75, 3.05) is 11.9 Å². The molecule has 4 rings (SSSR count). The maximum atomic E-state index is 5.91. The summed E-state index contributed by atoms with van der Waals surface area (Å²) in [6, 6.07) is 11.6. The fourth-order valence-corrected chi connectivity index (χ4v) is 4.81. The molecule has 0 aliphatic carbocycles. The van der Waals surface area contributed by atoms with Crippen LogP contribution >= 0.6 is 46.0 Å². The molecule has 0 aliphatic heterocycles. The van der Waals surface area contributed by atoms with Gasteiger partial charge in [-0.25, -0.2) is 4.98 Å². The Morgan fingerprint density at radius 2 is 2.04 bits per heavy atom. The Balaban J connectivity index is 1.28. The number of aromatic nitrogens is 3. The van der Waals surface area contributed by atoms with Crippen LogP contribution in [0.2, 0.25) is 5.02 Å². The molecular weight excluding hydrogens is 420 g/mol. The first-order valence-electron chi connectivity index (χ1n) is 8.19. The van der Waals surface area contributed by atoms with Crippen LogP contribution in [-0.2, 0) is 12.2 Å². The predicted molar refractivity (Wildman–Crippen MR) is 113 cm³/mol. The van der Waals surface area contributed by atoms with Crippen molar-refractivity contribution >= 4 is 51.2 Å². The van der Waals surface area contributed by atoms with Gasteiger partial charge in [0.05, 0.1) is 5.69 Å². The molecular formula is C18H15ClN4OS3. The number of benzene rings is 1. The van der Waals surface area contributed by atoms with E-state index in [-0.39, 0.29) is 0 Å². The third kappa shape index (κ3) is 5.10. The normalized spacial score (nSPS) is 11.0. The highest BCUT2D eigenvalue weighted by molar-refractivity contribution is 8.00. The fourth-order valence-electron chi connectivity index (χ4n) is 2.32. The summed E-state index contributed by atoms with van der Waals surface area (Å²) >= 11 is 10.8. The molecule has 0 amide bonds. The van der Waals surface area contributed by atoms with Crippen LogP contribution < -0.4 is 5.32 Å². The number of thiophene rings is 1. The Bertz CT molecular complexity index is 982. The molecule has 4 aromatic rings. The summed E-state index contributed by atoms with van der Waals surface area (Å²) in [5.74, 6) is 1.27. The molecule has 9 heteroatoms. The van der Waals surface area contributed by atoms with E-state index in [2.05, 4.69) is 38.0 Å². The number of nitrogens with zero attached hydrogens (tertiary/aromatic N) is 3. The molecule has 27 heavy (non-hydrogen) atoms. The highest BCUT2D eigenvalue weighted by atomic mass is 35.5. The maximum absolute atomic E-state index is 5.91. The van der Waals surface area contributed by atoms with Crippen molar-refractivity contribution in [2.24, 2.45) is 0 Å². The Morgan fingerprint density at radius 3 is 2.85 bits per heavy atom. The largest absolute Gasteiger partial charge is 0.444 e. The van der Waals surface area contributed by atoms with Gasteiger partial charge in [0.1, 0.15) is 6.26 Å². The summed E-state index contributed by atoms with van der Waals surface area (Å²) in [5.41, 5.74) is 1.77. The van der Waals surface area contributed by atoms with Gasteiger partial charge in [0, 0.05) is 27.8 Å². The number of thioether (sulfide) groups is 1. The molecule has 3 aromatic heterocycles. The molecule has 0 fully saturated rings. The molecule has 1 aromatic carbocycles. The molecule has 1 N–H and O–H groups in total. The van der Waals surface area contributed by atoms with E-state index in [0.29, 0.717) is 16.7 Å². The molecule has 0 spiro atoms. The maximum Gasteiger partial charge on any atom is 0.226 e. The summed E-state index contributed by atoms with van der Waals surface area (Å²) in [6.45, 7) is 0.855. The van der Waals surface area contributed by atoms with E-state index >= 15 is 0 Å². The highest BCUT2D eigenvalue weighted by Crippen LogP contribution is 2.29. The Kier molecular flexibility index (Phi) is 6.08. The van der Waals surface area contributed by atoms with Crippen LogP contribution in [0.4, 0.5) is 5.13 Å². The summed E-state index contributed by atoms with van der Waals surface area (Å²) in [6.07, 6.45) is 2.67. The van der Waals surface area contributed by atoms with Gasteiger partial charge in [-0.3, -0.25) is 0 Å². The lowest BCUT2D eigenvalue weighted by Crippen LogP contribution is -2.03. The second-order valence-corrected chi connectivity index (χ2v) is 9.24. The van der Waals surface area contributed by atoms with Crippen molar-refractivity contribution < 1.29 is 4.42 Å². The van der Waals surface area contributed by atoms with E-state index in [4.69, 9.17) is 16.0 Å². The van der Waals surface area contributed by atoms with E-state index in [9.17, 15) is 0 Å². The van der Waals surface area contributed by atoms with E-state index < -0.39 is 0 Å². The first kappa shape index (κ1) is 18.5. The van der Waals surface area contributed by atoms with E-state index in [1.807, 2.05) is 24.3 Å². The third-order valence-electron chi connectivity index (χ3n) is 3.62. The number of hydrogen-bond acceptors (Lipinski definition) is 8. The van der Waals surface area contributed by atoms with Crippen molar-refractivity contribution in [1.82, 2.24) is 15.2 Å². The second-order valence-electron chi connectivity index (χ2n) is 5.57. The first-order valence-corrected chi connectivity index (χ1v) is 11.2. The molecule has 138 valence electrons. The van der Waals surface area contributed by atoms with Crippen LogP contribution in [0.3, 0.4) is 0 Å². The number of anilines is 1. The lowest BCUT2D eigenvalue weighted by molar-refractivity contribution is 0.573. The molecule has 0 aliphatic rings. The number of oxazole rings is 1. The molecule has 0 saturated carbocycles. The van der Waals surface area contributed by atoms with Gasteiger partial charge in [-0.15, -0.1) is 21.5 Å². The van der Waals surface area contributed by atoms with Crippen LogP contribution in [-0.4, -0.2) is 21.7 Å². The van der Waals surface area contributed by atoms with Crippen LogP contribution in [0.5, 0.6) is 0 Å². The molecule has 0 unspecified atom stereocenters. The number of halogens is 1. The van der Waals surface area contributed by atoms with Crippen molar-refractivity contribution in [3.63, 3.8) is 0 Å². The van der Waals surface area contributed by atoms with E-state index in [1.54, 1.807) is 40.7 Å². The lowest BCUT2D eigenvalue weighted by atomic mass is 10.2. The predicted octanol–water partition coefficient (Wildman–Crippen LogP) is 5.85. The minimum atomic E-state index is 0.593.